The number of nitrogens with one attached hydrogen (secondary N) is 1. The molecule has 0 amide bonds. The molecule has 1 unspecified atom stereocenters. The van der Waals surface area contributed by atoms with Gasteiger partial charge in [-0.1, -0.05) is 49.6 Å². The van der Waals surface area contributed by atoms with Gasteiger partial charge in [-0.05, 0) is 32.4 Å². The fraction of sp³-hybridized carbons (Fsp3) is 0.647. The van der Waals surface area contributed by atoms with Gasteiger partial charge >= 0.3 is 0 Å². The van der Waals surface area contributed by atoms with E-state index in [1.165, 1.54) is 44.2 Å². The van der Waals surface area contributed by atoms with Crippen molar-refractivity contribution in [3.05, 3.63) is 35.9 Å². The van der Waals surface area contributed by atoms with Crippen molar-refractivity contribution in [3.63, 3.8) is 0 Å². The molecule has 104 valence electrons. The van der Waals surface area contributed by atoms with Crippen molar-refractivity contribution in [2.75, 3.05) is 20.1 Å². The number of hydrogen-bond donors (Lipinski definition) is 1. The third-order valence-corrected chi connectivity index (χ3v) is 5.40. The molecule has 1 spiro atoms. The first-order valence-corrected chi connectivity index (χ1v) is 7.67. The molecule has 1 saturated heterocycles. The highest BCUT2D eigenvalue weighted by Gasteiger charge is 2.44. The van der Waals surface area contributed by atoms with Crippen molar-refractivity contribution in [3.8, 4) is 0 Å². The monoisotopic (exact) mass is 258 g/mol. The van der Waals surface area contributed by atoms with Gasteiger partial charge < -0.3 is 5.32 Å². The summed E-state index contributed by atoms with van der Waals surface area (Å²) < 4.78 is 0. The van der Waals surface area contributed by atoms with Crippen LogP contribution in [0.4, 0.5) is 0 Å². The zero-order valence-corrected chi connectivity index (χ0v) is 12.3. The molecule has 2 nitrogen and oxygen atoms in total. The molecule has 1 N–H and O–H groups in total. The van der Waals surface area contributed by atoms with Gasteiger partial charge in [0, 0.05) is 18.6 Å². The number of likely N-dealkylation sites (N-methyl/N-ethyl adjacent to an activating group) is 1. The van der Waals surface area contributed by atoms with Crippen LogP contribution in [0.2, 0.25) is 0 Å². The van der Waals surface area contributed by atoms with Crippen LogP contribution >= 0.6 is 0 Å². The molecule has 1 saturated carbocycles. The maximum atomic E-state index is 3.91. The van der Waals surface area contributed by atoms with Crippen LogP contribution in [0.5, 0.6) is 0 Å². The van der Waals surface area contributed by atoms with Gasteiger partial charge in [0.1, 0.15) is 0 Å². The summed E-state index contributed by atoms with van der Waals surface area (Å²) in [6, 6.07) is 10.9. The second kappa shape index (κ2) is 4.92. The predicted molar refractivity (Wildman–Crippen MR) is 80.2 cm³/mol. The SMILES string of the molecule is CN1CC2(CCCCC2)NCC1(C)c1ccccc1. The van der Waals surface area contributed by atoms with Crippen molar-refractivity contribution in [2.45, 2.75) is 50.1 Å². The summed E-state index contributed by atoms with van der Waals surface area (Å²) in [7, 11) is 2.30. The van der Waals surface area contributed by atoms with Crippen molar-refractivity contribution >= 4 is 0 Å². The molecule has 0 bridgehead atoms. The Morgan fingerprint density at radius 3 is 2.37 bits per heavy atom. The first kappa shape index (κ1) is 13.1. The smallest absolute Gasteiger partial charge is 0.0555 e. The van der Waals surface area contributed by atoms with E-state index >= 15 is 0 Å². The lowest BCUT2D eigenvalue weighted by Gasteiger charge is -2.53. The van der Waals surface area contributed by atoms with E-state index in [1.54, 1.807) is 0 Å². The van der Waals surface area contributed by atoms with Crippen molar-refractivity contribution < 1.29 is 0 Å². The summed E-state index contributed by atoms with van der Waals surface area (Å²) in [6.45, 7) is 4.61. The van der Waals surface area contributed by atoms with Crippen molar-refractivity contribution in [1.29, 1.82) is 0 Å². The summed E-state index contributed by atoms with van der Waals surface area (Å²) in [5, 5.41) is 3.91. The number of rotatable bonds is 1. The molecule has 1 aromatic rings. The molecule has 1 aliphatic carbocycles. The Morgan fingerprint density at radius 2 is 1.74 bits per heavy atom. The minimum Gasteiger partial charge on any atom is -0.308 e. The topological polar surface area (TPSA) is 15.3 Å². The fourth-order valence-electron chi connectivity index (χ4n) is 3.86. The predicted octanol–water partition coefficient (Wildman–Crippen LogP) is 3.14. The van der Waals surface area contributed by atoms with Gasteiger partial charge in [-0.15, -0.1) is 0 Å². The van der Waals surface area contributed by atoms with Crippen LogP contribution in [-0.4, -0.2) is 30.6 Å². The summed E-state index contributed by atoms with van der Waals surface area (Å²) in [6.07, 6.45) is 6.90. The third-order valence-electron chi connectivity index (χ3n) is 5.40. The Hall–Kier alpha value is -0.860. The molecule has 19 heavy (non-hydrogen) atoms. The molecule has 1 aliphatic heterocycles. The van der Waals surface area contributed by atoms with E-state index in [0.29, 0.717) is 5.54 Å². The molecule has 2 fully saturated rings. The van der Waals surface area contributed by atoms with Gasteiger partial charge in [-0.2, -0.15) is 0 Å². The van der Waals surface area contributed by atoms with Crippen LogP contribution < -0.4 is 5.32 Å². The summed E-state index contributed by atoms with van der Waals surface area (Å²) >= 11 is 0. The molecular weight excluding hydrogens is 232 g/mol. The van der Waals surface area contributed by atoms with Gasteiger partial charge in [0.2, 0.25) is 0 Å². The number of piperazine rings is 1. The highest BCUT2D eigenvalue weighted by molar-refractivity contribution is 5.26. The average molecular weight is 258 g/mol. The second-order valence-corrected chi connectivity index (χ2v) is 6.69. The first-order valence-electron chi connectivity index (χ1n) is 7.67. The third kappa shape index (κ3) is 2.32. The highest BCUT2D eigenvalue weighted by atomic mass is 15.3. The maximum Gasteiger partial charge on any atom is 0.0555 e. The van der Waals surface area contributed by atoms with E-state index in [9.17, 15) is 0 Å². The number of benzene rings is 1. The normalized spacial score (nSPS) is 31.5. The van der Waals surface area contributed by atoms with E-state index in [0.717, 1.165) is 6.54 Å². The van der Waals surface area contributed by atoms with E-state index in [4.69, 9.17) is 0 Å². The van der Waals surface area contributed by atoms with Gasteiger partial charge in [0.25, 0.3) is 0 Å². The molecule has 3 rings (SSSR count). The minimum atomic E-state index is 0.129. The van der Waals surface area contributed by atoms with Crippen molar-refractivity contribution in [1.82, 2.24) is 10.2 Å². The zero-order chi connectivity index (χ0) is 13.3. The van der Waals surface area contributed by atoms with Crippen LogP contribution in [0, 0.1) is 0 Å². The Bertz CT molecular complexity index is 422. The Labute approximate surface area is 117 Å². The summed E-state index contributed by atoms with van der Waals surface area (Å²) in [5.74, 6) is 0. The standard InChI is InChI=1S/C17H26N2/c1-16(15-9-5-3-6-10-15)13-18-17(14-19(16)2)11-7-4-8-12-17/h3,5-6,9-10,18H,4,7-8,11-14H2,1-2H3. The Kier molecular flexibility index (Phi) is 3.40. The first-order chi connectivity index (χ1) is 9.15. The zero-order valence-electron chi connectivity index (χ0n) is 12.3. The summed E-state index contributed by atoms with van der Waals surface area (Å²) in [4.78, 5) is 2.57. The van der Waals surface area contributed by atoms with E-state index in [2.05, 4.69) is 54.5 Å². The molecule has 1 aromatic carbocycles. The van der Waals surface area contributed by atoms with Crippen LogP contribution in [0.3, 0.4) is 0 Å². The number of nitrogens with zero attached hydrogens (tertiary/aromatic N) is 1. The van der Waals surface area contributed by atoms with Crippen LogP contribution in [0.25, 0.3) is 0 Å². The summed E-state index contributed by atoms with van der Waals surface area (Å²) in [5.41, 5.74) is 1.95. The second-order valence-electron chi connectivity index (χ2n) is 6.69. The van der Waals surface area contributed by atoms with Gasteiger partial charge in [0.15, 0.2) is 0 Å². The molecule has 2 aliphatic rings. The fourth-order valence-corrected chi connectivity index (χ4v) is 3.86. The quantitative estimate of drug-likeness (QED) is 0.832. The van der Waals surface area contributed by atoms with Gasteiger partial charge in [-0.3, -0.25) is 4.90 Å². The average Bonchev–Trinajstić information content (AvgIpc) is 2.46. The van der Waals surface area contributed by atoms with Gasteiger partial charge in [0.05, 0.1) is 5.54 Å². The van der Waals surface area contributed by atoms with Crippen molar-refractivity contribution in [2.24, 2.45) is 0 Å². The Morgan fingerprint density at radius 1 is 1.05 bits per heavy atom. The van der Waals surface area contributed by atoms with Crippen LogP contribution in [0.1, 0.15) is 44.6 Å². The van der Waals surface area contributed by atoms with E-state index < -0.39 is 0 Å². The molecule has 2 heteroatoms. The molecule has 1 atom stereocenters. The van der Waals surface area contributed by atoms with Crippen LogP contribution in [0.15, 0.2) is 30.3 Å². The molecule has 0 aromatic heterocycles. The Balaban J connectivity index is 1.80. The highest BCUT2D eigenvalue weighted by Crippen LogP contribution is 2.37. The van der Waals surface area contributed by atoms with Crippen LogP contribution in [-0.2, 0) is 5.54 Å². The minimum absolute atomic E-state index is 0.129. The molecule has 1 heterocycles. The van der Waals surface area contributed by atoms with E-state index in [-0.39, 0.29) is 5.54 Å². The maximum absolute atomic E-state index is 3.91. The lowest BCUT2D eigenvalue weighted by atomic mass is 9.76. The largest absolute Gasteiger partial charge is 0.308 e. The lowest BCUT2D eigenvalue weighted by Crippen LogP contribution is -2.67. The van der Waals surface area contributed by atoms with Gasteiger partial charge in [-0.25, -0.2) is 0 Å². The molecular formula is C17H26N2. The molecule has 0 radical (unpaired) electrons. The lowest BCUT2D eigenvalue weighted by molar-refractivity contribution is 0.0179. The number of hydrogen-bond acceptors (Lipinski definition) is 2. The van der Waals surface area contributed by atoms with E-state index in [1.807, 2.05) is 0 Å².